The second-order valence-electron chi connectivity index (χ2n) is 12.2. The lowest BCUT2D eigenvalue weighted by Crippen LogP contribution is -2.70. The molecule has 0 saturated heterocycles. The van der Waals surface area contributed by atoms with Crippen molar-refractivity contribution in [2.45, 2.75) is 144 Å². The van der Waals surface area contributed by atoms with E-state index in [9.17, 15) is 33.7 Å². The van der Waals surface area contributed by atoms with Gasteiger partial charge in [0.2, 0.25) is 10.0 Å². The van der Waals surface area contributed by atoms with E-state index >= 15 is 0 Å². The molecule has 20 heteroatoms. The van der Waals surface area contributed by atoms with Gasteiger partial charge in [0.15, 0.2) is 0 Å². The molecule has 4 N–H and O–H groups in total. The summed E-state index contributed by atoms with van der Waals surface area (Å²) < 4.78 is 118. The van der Waals surface area contributed by atoms with Gasteiger partial charge in [-0.25, -0.2) is 52.6 Å². The Morgan fingerprint density at radius 3 is 0.902 bits per heavy atom. The third-order valence-electron chi connectivity index (χ3n) is 8.13. The Balaban J connectivity index is 6.79. The highest BCUT2D eigenvalue weighted by Crippen LogP contribution is 2.37. The lowest BCUT2D eigenvalue weighted by molar-refractivity contribution is 0.509. The van der Waals surface area contributed by atoms with Gasteiger partial charge in [-0.05, 0) is 58.3 Å². The van der Waals surface area contributed by atoms with Crippen LogP contribution in [0.15, 0.2) is 0 Å². The first-order valence-electron chi connectivity index (χ1n) is 17.6. The largest absolute Gasteiger partial charge is 0.330 e. The molecule has 0 amide bonds. The summed E-state index contributed by atoms with van der Waals surface area (Å²) in [6.07, 6.45) is 8.36. The van der Waals surface area contributed by atoms with Crippen LogP contribution in [0, 0.1) is 45.3 Å². The molecule has 0 aliphatic carbocycles. The summed E-state index contributed by atoms with van der Waals surface area (Å²) in [7, 11) is -21.6. The summed E-state index contributed by atoms with van der Waals surface area (Å²) in [5, 5.41) is 32.4. The number of sulfonamides is 4. The number of hydrogen-bond acceptors (Lipinski definition) is 12. The normalized spacial score (nSPS) is 13.1. The topological polar surface area (TPSA) is 280 Å². The highest BCUT2D eigenvalue weighted by atomic mass is 32.3. The third kappa shape index (κ3) is 16.9. The predicted molar refractivity (Wildman–Crippen MR) is 195 cm³/mol. The van der Waals surface area contributed by atoms with Crippen molar-refractivity contribution in [2.24, 2.45) is 0 Å². The summed E-state index contributed by atoms with van der Waals surface area (Å²) in [5.74, 6) is 0. The van der Waals surface area contributed by atoms with E-state index in [2.05, 4.69) is 18.9 Å². The maximum Gasteiger partial charge on any atom is 0.330 e. The smallest absolute Gasteiger partial charge is 0.215 e. The Labute approximate surface area is 307 Å². The van der Waals surface area contributed by atoms with Gasteiger partial charge in [0.1, 0.15) is 5.25 Å². The zero-order valence-corrected chi connectivity index (χ0v) is 33.0. The molecular formula is C31H56N8O8S4. The van der Waals surface area contributed by atoms with Crippen molar-refractivity contribution in [2.75, 3.05) is 26.2 Å². The minimum absolute atomic E-state index is 0.165. The van der Waals surface area contributed by atoms with E-state index in [1.165, 1.54) is 0 Å². The quantitative estimate of drug-likeness (QED) is 0.0694. The van der Waals surface area contributed by atoms with Gasteiger partial charge >= 0.3 is 3.41 Å². The summed E-state index contributed by atoms with van der Waals surface area (Å²) in [5.41, 5.74) is 0. The molecule has 51 heavy (non-hydrogen) atoms. The highest BCUT2D eigenvalue weighted by Gasteiger charge is 2.71. The van der Waals surface area contributed by atoms with E-state index in [4.69, 9.17) is 21.0 Å². The molecule has 0 saturated carbocycles. The van der Waals surface area contributed by atoms with Crippen LogP contribution in [0.25, 0.3) is 0 Å². The standard InChI is InChI=1S/C31H56N8O8S4/c1-30(48(40,41)36-26-18-10-2-6-14-22-32)31(49(42,43)37-27-19-11-3-7-15-23-33,50(44,45)38-28-20-12-4-8-16-24-34)51(46,47)39-29-21-13-5-9-17-25-35/h30,36-39H,2-21,26-29H2,1H3. The Kier molecular flexibility index (Phi) is 25.1. The number of nitriles is 4. The van der Waals surface area contributed by atoms with Crippen LogP contribution >= 0.6 is 0 Å². The number of nitrogens with zero attached hydrogens (tertiary/aromatic N) is 4. The molecule has 0 aliphatic heterocycles. The predicted octanol–water partition coefficient (Wildman–Crippen LogP) is 3.60. The SMILES string of the molecule is CC(C(S(=O)(=O)NCCCCCCC#N)(S(=O)(=O)NCCCCCCC#N)S(=O)(=O)NCCCCCCC#N)S(=O)(=O)NCCCCCCC#N. The molecule has 0 aromatic heterocycles. The fourth-order valence-electron chi connectivity index (χ4n) is 5.27. The average molecular weight is 797 g/mol. The van der Waals surface area contributed by atoms with Crippen molar-refractivity contribution < 1.29 is 33.7 Å². The van der Waals surface area contributed by atoms with Crippen molar-refractivity contribution in [3.8, 4) is 24.3 Å². The van der Waals surface area contributed by atoms with Crippen LogP contribution in [-0.2, 0) is 40.1 Å². The molecule has 1 unspecified atom stereocenters. The second kappa shape index (κ2) is 26.4. The molecule has 0 fully saturated rings. The molecule has 16 nitrogen and oxygen atoms in total. The first-order valence-corrected chi connectivity index (χ1v) is 23.6. The van der Waals surface area contributed by atoms with Crippen LogP contribution in [0.1, 0.15) is 135 Å². The molecule has 1 atom stereocenters. The van der Waals surface area contributed by atoms with Gasteiger partial charge in [0, 0.05) is 51.9 Å². The fraction of sp³-hybridized carbons (Fsp3) is 0.871. The van der Waals surface area contributed by atoms with E-state index < -0.39 is 48.8 Å². The summed E-state index contributed by atoms with van der Waals surface area (Å²) in [4.78, 5) is 0. The third-order valence-corrected chi connectivity index (χ3v) is 19.5. The van der Waals surface area contributed by atoms with E-state index in [0.717, 1.165) is 6.92 Å². The molecule has 0 rings (SSSR count). The number of unbranched alkanes of at least 4 members (excludes halogenated alkanes) is 16. The van der Waals surface area contributed by atoms with Crippen LogP contribution in [0.5, 0.6) is 0 Å². The molecule has 0 aromatic rings. The Bertz CT molecular complexity index is 1470. The van der Waals surface area contributed by atoms with Gasteiger partial charge in [-0.15, -0.1) is 0 Å². The maximum absolute atomic E-state index is 14.3. The van der Waals surface area contributed by atoms with Crippen LogP contribution in [0.4, 0.5) is 0 Å². The fourth-order valence-corrected chi connectivity index (χ4v) is 16.3. The van der Waals surface area contributed by atoms with E-state index in [1.54, 1.807) is 0 Å². The van der Waals surface area contributed by atoms with Gasteiger partial charge in [-0.3, -0.25) is 0 Å². The van der Waals surface area contributed by atoms with Gasteiger partial charge in [0.25, 0.3) is 30.1 Å². The van der Waals surface area contributed by atoms with Crippen molar-refractivity contribution in [1.29, 1.82) is 21.0 Å². The molecule has 0 heterocycles. The van der Waals surface area contributed by atoms with Crippen molar-refractivity contribution in [1.82, 2.24) is 18.9 Å². The number of nitrogens with one attached hydrogen (secondary N) is 4. The van der Waals surface area contributed by atoms with Crippen molar-refractivity contribution in [3.63, 3.8) is 0 Å². The molecule has 0 spiro atoms. The molecular weight excluding hydrogens is 741 g/mol. The summed E-state index contributed by atoms with van der Waals surface area (Å²) >= 11 is 0. The van der Waals surface area contributed by atoms with Gasteiger partial charge in [0.05, 0.1) is 24.3 Å². The maximum atomic E-state index is 14.3. The average Bonchev–Trinajstić information content (AvgIpc) is 3.06. The van der Waals surface area contributed by atoms with Crippen LogP contribution in [-0.4, -0.2) is 68.5 Å². The highest BCUT2D eigenvalue weighted by molar-refractivity contribution is 8.25. The number of hydrogen-bond donors (Lipinski definition) is 4. The van der Waals surface area contributed by atoms with Crippen LogP contribution in [0.3, 0.4) is 0 Å². The van der Waals surface area contributed by atoms with Crippen molar-refractivity contribution >= 4 is 40.1 Å². The zero-order chi connectivity index (χ0) is 38.7. The minimum atomic E-state index is -5.56. The molecule has 292 valence electrons. The summed E-state index contributed by atoms with van der Waals surface area (Å²) in [6.45, 7) is -0.635. The summed E-state index contributed by atoms with van der Waals surface area (Å²) in [6, 6.07) is 8.01. The van der Waals surface area contributed by atoms with Gasteiger partial charge in [-0.1, -0.05) is 51.4 Å². The second-order valence-corrected chi connectivity index (χ2v) is 20.8. The van der Waals surface area contributed by atoms with Crippen LogP contribution in [0.2, 0.25) is 0 Å². The molecule has 0 aromatic carbocycles. The lowest BCUT2D eigenvalue weighted by atomic mass is 10.1. The molecule has 0 bridgehead atoms. The Morgan fingerprint density at radius 2 is 0.647 bits per heavy atom. The first-order chi connectivity index (χ1) is 24.1. The Hall–Kier alpha value is -2.40. The molecule has 0 radical (unpaired) electrons. The van der Waals surface area contributed by atoms with Crippen LogP contribution < -0.4 is 18.9 Å². The first kappa shape index (κ1) is 48.6. The van der Waals surface area contributed by atoms with E-state index in [1.807, 2.05) is 24.3 Å². The van der Waals surface area contributed by atoms with E-state index in [-0.39, 0.29) is 51.9 Å². The van der Waals surface area contributed by atoms with Crippen molar-refractivity contribution in [3.05, 3.63) is 0 Å². The Morgan fingerprint density at radius 1 is 0.412 bits per heavy atom. The lowest BCUT2D eigenvalue weighted by Gasteiger charge is -2.36. The van der Waals surface area contributed by atoms with Gasteiger partial charge < -0.3 is 0 Å². The molecule has 0 aliphatic rings. The number of rotatable bonds is 33. The zero-order valence-electron chi connectivity index (χ0n) is 29.7. The van der Waals surface area contributed by atoms with Gasteiger partial charge in [-0.2, -0.15) is 21.0 Å². The minimum Gasteiger partial charge on any atom is -0.215 e. The monoisotopic (exact) mass is 796 g/mol. The van der Waals surface area contributed by atoms with E-state index in [0.29, 0.717) is 103 Å².